The Morgan fingerprint density at radius 1 is 0.639 bits per heavy atom. The van der Waals surface area contributed by atoms with Crippen LogP contribution in [-0.4, -0.2) is 117 Å². The van der Waals surface area contributed by atoms with E-state index in [-0.39, 0.29) is 81.0 Å². The summed E-state index contributed by atoms with van der Waals surface area (Å²) in [4.78, 5) is 58.8. The highest BCUT2D eigenvalue weighted by molar-refractivity contribution is 5.72. The molecule has 0 aromatic carbocycles. The number of hydrogen-bond donors (Lipinski definition) is 2. The normalized spacial score (nSPS) is 12.5. The van der Waals surface area contributed by atoms with Gasteiger partial charge in [0.15, 0.2) is 6.54 Å². The summed E-state index contributed by atoms with van der Waals surface area (Å²) in [7, 11) is 3.77. The zero-order valence-corrected chi connectivity index (χ0v) is 40.6. The maximum absolute atomic E-state index is 12.7. The molecule has 0 amide bonds. The Morgan fingerprint density at radius 3 is 1.72 bits per heavy atom. The van der Waals surface area contributed by atoms with Crippen LogP contribution in [0.4, 0.5) is 0 Å². The van der Waals surface area contributed by atoms with E-state index < -0.39 is 17.7 Å². The molecule has 2 N–H and O–H groups in total. The summed E-state index contributed by atoms with van der Waals surface area (Å²) in [5, 5.41) is 13.9. The first kappa shape index (κ1) is 62.8. The lowest BCUT2D eigenvalue weighted by molar-refractivity contribution is -0.883. The number of quaternary nitrogens is 1. The van der Waals surface area contributed by atoms with Gasteiger partial charge in [-0.3, -0.25) is 24.5 Å². The fourth-order valence-electron chi connectivity index (χ4n) is 6.32. The molecular formula is C46H85Cl2N2O11-. The number of nitrogens with one attached hydrogen (secondary N) is 1. The number of carbonyl (C=O) groups excluding carboxylic acids is 5. The maximum Gasteiger partial charge on any atom is 0.362 e. The molecule has 0 bridgehead atoms. The fourth-order valence-corrected chi connectivity index (χ4v) is 6.32. The quantitative estimate of drug-likeness (QED) is 0.0304. The number of esters is 5. The van der Waals surface area contributed by atoms with Crippen LogP contribution in [0.5, 0.6) is 0 Å². The number of rotatable bonds is 39. The number of aliphatic hydroxyl groups is 1. The van der Waals surface area contributed by atoms with Crippen molar-refractivity contribution >= 4 is 29.8 Å². The number of unbranched alkanes of at least 4 members (excludes halogenated alkanes) is 16. The molecule has 13 nitrogen and oxygen atoms in total. The van der Waals surface area contributed by atoms with Crippen molar-refractivity contribution in [1.29, 1.82) is 0 Å². The van der Waals surface area contributed by atoms with E-state index >= 15 is 0 Å². The van der Waals surface area contributed by atoms with E-state index in [4.69, 9.17) is 23.7 Å². The van der Waals surface area contributed by atoms with Crippen LogP contribution in [0, 0.1) is 0 Å². The van der Waals surface area contributed by atoms with E-state index in [9.17, 15) is 29.1 Å². The minimum atomic E-state index is -0.758. The summed E-state index contributed by atoms with van der Waals surface area (Å²) in [5.74, 6) is -1.45. The van der Waals surface area contributed by atoms with E-state index in [1.165, 1.54) is 39.5 Å². The molecule has 0 heterocycles. The molecule has 0 aromatic heterocycles. The third kappa shape index (κ3) is 42.6. The monoisotopic (exact) mass is 912 g/mol. The molecule has 0 saturated heterocycles. The van der Waals surface area contributed by atoms with Crippen LogP contribution in [0.1, 0.15) is 176 Å². The average Bonchev–Trinajstić information content (AvgIpc) is 3.16. The number of ether oxygens (including phenoxy) is 5. The number of halogens is 2. The molecule has 0 rings (SSSR count). The SMILES string of the molecule is CCCCCC(OC(=O)C[N+](C)(C)CCOC(C)=O)C(O)CC=CCCCCCCCC(=O)OCCCCCCCCCCCCOC(=O)CNC(C)(C)COC(C)=O.[Cl-].[Cl-]. The highest BCUT2D eigenvalue weighted by atomic mass is 35.5. The predicted molar refractivity (Wildman–Crippen MR) is 231 cm³/mol. The van der Waals surface area contributed by atoms with Gasteiger partial charge in [-0.15, -0.1) is 0 Å². The van der Waals surface area contributed by atoms with Crippen molar-refractivity contribution in [3.63, 3.8) is 0 Å². The van der Waals surface area contributed by atoms with Crippen LogP contribution in [0.25, 0.3) is 0 Å². The lowest BCUT2D eigenvalue weighted by Gasteiger charge is -2.30. The van der Waals surface area contributed by atoms with Crippen LogP contribution in [0.3, 0.4) is 0 Å². The van der Waals surface area contributed by atoms with E-state index in [0.717, 1.165) is 96.3 Å². The Bertz CT molecular complexity index is 1170. The Hall–Kier alpha value is -2.45. The number of likely N-dealkylation sites (N-methyl/N-ethyl adjacent to an activating group) is 1. The molecule has 0 spiro atoms. The molecule has 0 aliphatic heterocycles. The van der Waals surface area contributed by atoms with Gasteiger partial charge in [-0.2, -0.15) is 0 Å². The van der Waals surface area contributed by atoms with Crippen molar-refractivity contribution in [3.8, 4) is 0 Å². The topological polar surface area (TPSA) is 164 Å². The van der Waals surface area contributed by atoms with Crippen molar-refractivity contribution in [3.05, 3.63) is 12.2 Å². The van der Waals surface area contributed by atoms with Gasteiger partial charge in [0.05, 0.1) is 40.0 Å². The summed E-state index contributed by atoms with van der Waals surface area (Å²) in [5.41, 5.74) is -0.491. The van der Waals surface area contributed by atoms with Gasteiger partial charge < -0.3 is 58.1 Å². The smallest absolute Gasteiger partial charge is 0.362 e. The number of carbonyl (C=O) groups is 5. The van der Waals surface area contributed by atoms with Gasteiger partial charge in [-0.05, 0) is 65.2 Å². The van der Waals surface area contributed by atoms with E-state index in [2.05, 4.69) is 18.3 Å². The van der Waals surface area contributed by atoms with Crippen molar-refractivity contribution in [2.24, 2.45) is 0 Å². The molecule has 0 saturated carbocycles. The molecule has 0 aliphatic rings. The maximum atomic E-state index is 12.7. The van der Waals surface area contributed by atoms with Gasteiger partial charge in [-0.1, -0.05) is 103 Å². The Morgan fingerprint density at radius 2 is 1.16 bits per heavy atom. The third-order valence-corrected chi connectivity index (χ3v) is 10.1. The lowest BCUT2D eigenvalue weighted by Crippen LogP contribution is -3.00. The van der Waals surface area contributed by atoms with Crippen LogP contribution < -0.4 is 30.1 Å². The van der Waals surface area contributed by atoms with E-state index in [1.807, 2.05) is 34.0 Å². The van der Waals surface area contributed by atoms with Crippen molar-refractivity contribution in [1.82, 2.24) is 5.32 Å². The van der Waals surface area contributed by atoms with E-state index in [0.29, 0.717) is 43.5 Å². The largest absolute Gasteiger partial charge is 1.00 e. The van der Waals surface area contributed by atoms with Gasteiger partial charge in [-0.25, -0.2) is 4.79 Å². The number of allylic oxidation sites excluding steroid dienone is 1. The predicted octanol–water partition coefficient (Wildman–Crippen LogP) is 2.08. The molecule has 0 radical (unpaired) electrons. The van der Waals surface area contributed by atoms with E-state index in [1.54, 1.807) is 0 Å². The first-order valence-corrected chi connectivity index (χ1v) is 22.7. The van der Waals surface area contributed by atoms with Crippen molar-refractivity contribution in [2.45, 2.75) is 194 Å². The number of nitrogens with zero attached hydrogens (tertiary/aromatic N) is 1. The average molecular weight is 913 g/mol. The molecule has 0 aliphatic carbocycles. The number of hydrogen-bond acceptors (Lipinski definition) is 12. The molecule has 0 fully saturated rings. The van der Waals surface area contributed by atoms with Crippen LogP contribution in [0.15, 0.2) is 12.2 Å². The Kier molecular flexibility index (Phi) is 41.6. The van der Waals surface area contributed by atoms with Crippen LogP contribution in [0.2, 0.25) is 0 Å². The zero-order chi connectivity index (χ0) is 44.2. The lowest BCUT2D eigenvalue weighted by atomic mass is 10.0. The second kappa shape index (κ2) is 40.3. The minimum absolute atomic E-state index is 0. The molecule has 2 unspecified atom stereocenters. The summed E-state index contributed by atoms with van der Waals surface area (Å²) in [6, 6.07) is 0. The van der Waals surface area contributed by atoms with Crippen molar-refractivity contribution < 1.29 is 82.1 Å². The molecule has 360 valence electrons. The van der Waals surface area contributed by atoms with Gasteiger partial charge in [0.25, 0.3) is 0 Å². The first-order chi connectivity index (χ1) is 28.1. The molecule has 15 heteroatoms. The highest BCUT2D eigenvalue weighted by Crippen LogP contribution is 2.16. The summed E-state index contributed by atoms with van der Waals surface area (Å²) in [6.07, 6.45) is 24.2. The Labute approximate surface area is 381 Å². The minimum Gasteiger partial charge on any atom is -1.00 e. The third-order valence-electron chi connectivity index (χ3n) is 10.1. The summed E-state index contributed by atoms with van der Waals surface area (Å²) < 4.78 is 26.8. The van der Waals surface area contributed by atoms with Crippen LogP contribution >= 0.6 is 0 Å². The fraction of sp³-hybridized carbons (Fsp3) is 0.848. The number of aliphatic hydroxyl groups excluding tert-OH is 1. The molecule has 2 atom stereocenters. The van der Waals surface area contributed by atoms with Gasteiger partial charge in [0.2, 0.25) is 0 Å². The van der Waals surface area contributed by atoms with Gasteiger partial charge in [0, 0.05) is 25.8 Å². The molecular weight excluding hydrogens is 827 g/mol. The molecule has 0 aromatic rings. The van der Waals surface area contributed by atoms with Gasteiger partial charge in [0.1, 0.15) is 25.9 Å². The summed E-state index contributed by atoms with van der Waals surface area (Å²) in [6.45, 7) is 10.6. The summed E-state index contributed by atoms with van der Waals surface area (Å²) >= 11 is 0. The second-order valence-corrected chi connectivity index (χ2v) is 17.3. The zero-order valence-electron chi connectivity index (χ0n) is 39.0. The van der Waals surface area contributed by atoms with Crippen LogP contribution in [-0.2, 0) is 47.7 Å². The Balaban J connectivity index is -0.0000168. The second-order valence-electron chi connectivity index (χ2n) is 17.3. The standard InChI is InChI=1S/C46H85N2O11.2ClH/c1-8-9-24-30-42(59-45(54)37-48(6,7)32-35-55-39(2)49)41(51)29-25-20-16-12-13-17-21-26-31-43(52)56-33-27-22-18-14-10-11-15-19-23-28-34-57-44(53)36-47-46(4,5)38-58-40(3)50;;/h20,25,41-42,47,51H,8-19,21-24,26-38H2,1-7H3;2*1H/q+1;;/p-2. The molecule has 61 heavy (non-hydrogen) atoms. The first-order valence-electron chi connectivity index (χ1n) is 22.7. The van der Waals surface area contributed by atoms with Crippen molar-refractivity contribution in [2.75, 3.05) is 60.2 Å². The van der Waals surface area contributed by atoms with Gasteiger partial charge >= 0.3 is 29.8 Å². The highest BCUT2D eigenvalue weighted by Gasteiger charge is 2.27.